The Morgan fingerprint density at radius 2 is 1.79 bits per heavy atom. The third-order valence-electron chi connectivity index (χ3n) is 8.78. The van der Waals surface area contributed by atoms with Crippen LogP contribution in [0.1, 0.15) is 28.7 Å². The average molecular weight is 587 g/mol. The van der Waals surface area contributed by atoms with E-state index in [1.54, 1.807) is 32.3 Å². The highest BCUT2D eigenvalue weighted by Gasteiger charge is 2.64. The average Bonchev–Trinajstić information content (AvgIpc) is 2.94. The lowest BCUT2D eigenvalue weighted by atomic mass is 9.57. The summed E-state index contributed by atoms with van der Waals surface area (Å²) in [5.74, 6) is -4.31. The number of phenols is 1. The van der Waals surface area contributed by atoms with Crippen molar-refractivity contribution in [2.24, 2.45) is 17.6 Å². The van der Waals surface area contributed by atoms with Crippen LogP contribution in [0.2, 0.25) is 0 Å². The predicted octanol–water partition coefficient (Wildman–Crippen LogP) is 1.62. The lowest BCUT2D eigenvalue weighted by Gasteiger charge is -2.50. The van der Waals surface area contributed by atoms with E-state index in [4.69, 9.17) is 12.2 Å². The van der Waals surface area contributed by atoms with Crippen LogP contribution in [0.25, 0.3) is 5.76 Å². The summed E-state index contributed by atoms with van der Waals surface area (Å²) in [6, 6.07) is 7.91. The number of hydrogen-bond acceptors (Lipinski definition) is 10. The molecule has 0 aromatic heterocycles. The topological polar surface area (TPSA) is 177 Å². The van der Waals surface area contributed by atoms with Gasteiger partial charge in [0.25, 0.3) is 5.91 Å². The van der Waals surface area contributed by atoms with Gasteiger partial charge in [-0.3, -0.25) is 19.3 Å². The monoisotopic (exact) mass is 586 g/mol. The number of carbonyl (C=O) groups is 3. The number of rotatable bonds is 6. The fourth-order valence-corrected chi connectivity index (χ4v) is 6.74. The molecule has 0 heterocycles. The highest BCUT2D eigenvalue weighted by Crippen LogP contribution is 2.54. The molecular formula is C32H34N4O7. The van der Waals surface area contributed by atoms with Crippen molar-refractivity contribution in [1.82, 2.24) is 4.90 Å². The Labute approximate surface area is 248 Å². The van der Waals surface area contributed by atoms with Gasteiger partial charge in [0.1, 0.15) is 22.8 Å². The molecule has 1 amide bonds. The second-order valence-electron chi connectivity index (χ2n) is 11.7. The number of phenolic OH excluding ortho intramolecular Hbond substituents is 1. The molecule has 11 heteroatoms. The first-order chi connectivity index (χ1) is 20.2. The number of primary amides is 1. The van der Waals surface area contributed by atoms with Gasteiger partial charge in [0.2, 0.25) is 5.78 Å². The van der Waals surface area contributed by atoms with Crippen LogP contribution in [-0.4, -0.2) is 82.6 Å². The Morgan fingerprint density at radius 3 is 2.35 bits per heavy atom. The fourth-order valence-electron chi connectivity index (χ4n) is 6.74. The number of hydrogen-bond donors (Lipinski definition) is 6. The van der Waals surface area contributed by atoms with Gasteiger partial charge in [-0.15, -0.1) is 6.42 Å². The van der Waals surface area contributed by atoms with Crippen LogP contribution in [0.3, 0.4) is 0 Å². The number of nitrogens with zero attached hydrogens (tertiary/aromatic N) is 2. The van der Waals surface area contributed by atoms with Gasteiger partial charge >= 0.3 is 0 Å². The van der Waals surface area contributed by atoms with E-state index < -0.39 is 58.0 Å². The molecule has 0 spiro atoms. The Hall–Kier alpha value is -4.79. The molecule has 43 heavy (non-hydrogen) atoms. The minimum Gasteiger partial charge on any atom is -0.508 e. The molecular weight excluding hydrogens is 552 g/mol. The third kappa shape index (κ3) is 4.42. The van der Waals surface area contributed by atoms with Gasteiger partial charge < -0.3 is 36.4 Å². The summed E-state index contributed by atoms with van der Waals surface area (Å²) in [7, 11) is 6.75. The number of amides is 1. The zero-order chi connectivity index (χ0) is 31.5. The van der Waals surface area contributed by atoms with E-state index in [2.05, 4.69) is 11.2 Å². The quantitative estimate of drug-likeness (QED) is 0.166. The summed E-state index contributed by atoms with van der Waals surface area (Å²) in [5, 5.41) is 49.1. The lowest BCUT2D eigenvalue weighted by Crippen LogP contribution is -2.65. The number of anilines is 2. The van der Waals surface area contributed by atoms with Gasteiger partial charge in [0.05, 0.1) is 17.3 Å². The number of aromatic hydroxyl groups is 1. The highest BCUT2D eigenvalue weighted by atomic mass is 16.3. The molecule has 11 nitrogen and oxygen atoms in total. The van der Waals surface area contributed by atoms with Gasteiger partial charge in [-0.05, 0) is 62.2 Å². The number of benzene rings is 2. The maximum absolute atomic E-state index is 14.1. The summed E-state index contributed by atoms with van der Waals surface area (Å²) in [4.78, 5) is 42.9. The minimum atomic E-state index is -2.69. The van der Waals surface area contributed by atoms with Crippen molar-refractivity contribution in [3.63, 3.8) is 0 Å². The molecule has 0 saturated heterocycles. The zero-order valence-corrected chi connectivity index (χ0v) is 24.3. The van der Waals surface area contributed by atoms with E-state index in [0.29, 0.717) is 23.5 Å². The smallest absolute Gasteiger partial charge is 0.255 e. The lowest BCUT2D eigenvalue weighted by molar-refractivity contribution is -0.153. The van der Waals surface area contributed by atoms with Crippen LogP contribution in [-0.2, 0) is 27.3 Å². The highest BCUT2D eigenvalue weighted by molar-refractivity contribution is 6.24. The number of carbonyl (C=O) groups excluding carboxylic acids is 3. The molecule has 0 bridgehead atoms. The van der Waals surface area contributed by atoms with Crippen LogP contribution in [0, 0.1) is 24.2 Å². The number of nitrogens with two attached hydrogens (primary N) is 1. The van der Waals surface area contributed by atoms with Gasteiger partial charge in [-0.2, -0.15) is 0 Å². The second-order valence-corrected chi connectivity index (χ2v) is 11.7. The Kier molecular flexibility index (Phi) is 7.24. The molecule has 5 rings (SSSR count). The molecule has 7 N–H and O–H groups in total. The van der Waals surface area contributed by atoms with Gasteiger partial charge in [-0.25, -0.2) is 0 Å². The molecule has 1 fully saturated rings. The number of fused-ring (bicyclic) bond motifs is 3. The van der Waals surface area contributed by atoms with Crippen molar-refractivity contribution >= 4 is 34.6 Å². The maximum Gasteiger partial charge on any atom is 0.255 e. The van der Waals surface area contributed by atoms with Crippen LogP contribution < -0.4 is 16.0 Å². The van der Waals surface area contributed by atoms with Gasteiger partial charge in [0.15, 0.2) is 11.4 Å². The van der Waals surface area contributed by atoms with Gasteiger partial charge in [-0.1, -0.05) is 18.1 Å². The summed E-state index contributed by atoms with van der Waals surface area (Å²) in [6.07, 6.45) is 5.66. The molecule has 3 aliphatic carbocycles. The first kappa shape index (κ1) is 29.7. The van der Waals surface area contributed by atoms with Crippen LogP contribution in [0.5, 0.6) is 5.75 Å². The molecule has 0 aliphatic heterocycles. The van der Waals surface area contributed by atoms with Crippen LogP contribution in [0.15, 0.2) is 47.2 Å². The molecule has 4 atom stereocenters. The molecule has 3 aliphatic rings. The fraction of sp³-hybridized carbons (Fsp3) is 0.344. The summed E-state index contributed by atoms with van der Waals surface area (Å²) in [5.41, 5.74) is 4.85. The van der Waals surface area contributed by atoms with Crippen LogP contribution >= 0.6 is 0 Å². The summed E-state index contributed by atoms with van der Waals surface area (Å²) < 4.78 is 0. The largest absolute Gasteiger partial charge is 0.508 e. The maximum atomic E-state index is 14.1. The number of ketones is 2. The zero-order valence-electron chi connectivity index (χ0n) is 24.3. The number of aliphatic hydroxyl groups is 3. The van der Waals surface area contributed by atoms with Crippen molar-refractivity contribution in [3.8, 4) is 18.1 Å². The summed E-state index contributed by atoms with van der Waals surface area (Å²) >= 11 is 0. The summed E-state index contributed by atoms with van der Waals surface area (Å²) in [6.45, 7) is 0.318. The molecule has 224 valence electrons. The van der Waals surface area contributed by atoms with E-state index >= 15 is 0 Å². The number of Topliss-reactive ketones (excluding diaryl/α,β-unsaturated/α-hetero) is 2. The Bertz CT molecular complexity index is 1670. The van der Waals surface area contributed by atoms with E-state index in [0.717, 1.165) is 11.1 Å². The molecule has 2 aromatic rings. The number of likely N-dealkylation sites (N-methyl/N-ethyl adjacent to an activating group) is 1. The molecule has 1 saturated carbocycles. The van der Waals surface area contributed by atoms with E-state index in [-0.39, 0.29) is 29.7 Å². The third-order valence-corrected chi connectivity index (χ3v) is 8.78. The van der Waals surface area contributed by atoms with Crippen molar-refractivity contribution in [3.05, 3.63) is 69.5 Å². The first-order valence-electron chi connectivity index (χ1n) is 13.7. The second kappa shape index (κ2) is 10.5. The molecule has 0 unspecified atom stereocenters. The van der Waals surface area contributed by atoms with E-state index in [9.17, 15) is 34.8 Å². The Morgan fingerprint density at radius 1 is 1.14 bits per heavy atom. The first-order valence-corrected chi connectivity index (χ1v) is 13.7. The van der Waals surface area contributed by atoms with Crippen molar-refractivity contribution in [2.45, 2.75) is 31.0 Å². The number of terminal acetylenes is 1. The van der Waals surface area contributed by atoms with E-state index in [1.165, 1.54) is 4.90 Å². The minimum absolute atomic E-state index is 0.0209. The normalized spacial score (nSPS) is 24.7. The van der Waals surface area contributed by atoms with Crippen molar-refractivity contribution in [2.75, 3.05) is 38.4 Å². The van der Waals surface area contributed by atoms with Crippen LogP contribution in [0.4, 0.5) is 11.4 Å². The number of nitrogens with one attached hydrogen (secondary N) is 1. The molecule has 0 radical (unpaired) electrons. The van der Waals surface area contributed by atoms with Crippen molar-refractivity contribution in [1.29, 1.82) is 0 Å². The predicted molar refractivity (Wildman–Crippen MR) is 160 cm³/mol. The SMILES string of the molecule is C#Cc1ccc(CNc2cc(N(C)C)c3c(c2O)C(O)=C2C(=O)[C@]4(O)C(O)=C(C(N)=O)C(=O)[C@@H](N(C)C)[C@@H]4C[C@@H]2C3)cc1. The van der Waals surface area contributed by atoms with E-state index in [1.807, 2.05) is 31.1 Å². The number of aliphatic hydroxyl groups excluding tert-OH is 2. The standard InChI is InChI=1S/C32H34N4O7/c1-6-15-7-9-16(10-8-15)14-34-20-13-21(35(2)3)18-11-17-12-19-25(36(4)5)28(39)24(31(33)42)30(41)32(19,43)29(40)22(17)27(38)23(18)26(20)37/h1,7-10,13,17,19,25,34,37-38,41,43H,11-12,14H2,2-5H3,(H2,33,42)/t17-,19-,25-,32-/m0/s1. The van der Waals surface area contributed by atoms with Crippen molar-refractivity contribution < 1.29 is 34.8 Å². The Balaban J connectivity index is 1.64. The molecule has 2 aromatic carbocycles. The van der Waals surface area contributed by atoms with Gasteiger partial charge in [0, 0.05) is 43.4 Å².